The van der Waals surface area contributed by atoms with Crippen molar-refractivity contribution in [2.45, 2.75) is 18.6 Å². The van der Waals surface area contributed by atoms with Crippen molar-refractivity contribution in [3.63, 3.8) is 0 Å². The lowest BCUT2D eigenvalue weighted by atomic mass is 9.96. The zero-order chi connectivity index (χ0) is 11.3. The fourth-order valence-electron chi connectivity index (χ4n) is 2.12. The zero-order valence-corrected chi connectivity index (χ0v) is 7.99. The molecule has 0 fully saturated rings. The molecule has 2 unspecified atom stereocenters. The first-order chi connectivity index (χ1) is 7.54. The molecule has 0 amide bonds. The molecule has 2 atom stereocenters. The molecular weight excluding hydrogens is 221 g/mol. The highest BCUT2D eigenvalue weighted by molar-refractivity contribution is 5.51. The van der Waals surface area contributed by atoms with Gasteiger partial charge in [0.2, 0.25) is 0 Å². The second-order valence-corrected chi connectivity index (χ2v) is 3.67. The normalized spacial score (nSPS) is 25.9. The van der Waals surface area contributed by atoms with Crippen LogP contribution in [-0.4, -0.2) is 6.36 Å². The van der Waals surface area contributed by atoms with Gasteiger partial charge < -0.3 is 9.47 Å². The standard InChI is InChI=1S/C11H7F3O2/c12-11(13,14)16-9-3-1-2-6-7-4-5-8(15-7)10(6)9/h1-5,7-8H. The van der Waals surface area contributed by atoms with Crippen LogP contribution in [0, 0.1) is 0 Å². The van der Waals surface area contributed by atoms with Gasteiger partial charge >= 0.3 is 6.36 Å². The number of hydrogen-bond donors (Lipinski definition) is 0. The van der Waals surface area contributed by atoms with E-state index in [0.29, 0.717) is 5.56 Å². The van der Waals surface area contributed by atoms with Crippen molar-refractivity contribution in [3.8, 4) is 5.75 Å². The summed E-state index contributed by atoms with van der Waals surface area (Å²) in [4.78, 5) is 0. The highest BCUT2D eigenvalue weighted by Gasteiger charge is 2.39. The number of fused-ring (bicyclic) bond motifs is 5. The van der Waals surface area contributed by atoms with Crippen LogP contribution in [0.4, 0.5) is 13.2 Å². The average Bonchev–Trinajstić information content (AvgIpc) is 2.75. The predicted molar refractivity (Wildman–Crippen MR) is 48.8 cm³/mol. The van der Waals surface area contributed by atoms with Gasteiger partial charge in [-0.2, -0.15) is 0 Å². The summed E-state index contributed by atoms with van der Waals surface area (Å²) < 4.78 is 45.9. The highest BCUT2D eigenvalue weighted by atomic mass is 19.4. The van der Waals surface area contributed by atoms with E-state index in [1.165, 1.54) is 12.1 Å². The number of rotatable bonds is 1. The van der Waals surface area contributed by atoms with E-state index in [1.807, 2.05) is 6.08 Å². The summed E-state index contributed by atoms with van der Waals surface area (Å²) in [7, 11) is 0. The van der Waals surface area contributed by atoms with Crippen molar-refractivity contribution in [1.82, 2.24) is 0 Å². The monoisotopic (exact) mass is 228 g/mol. The highest BCUT2D eigenvalue weighted by Crippen LogP contribution is 2.50. The Kier molecular flexibility index (Phi) is 1.83. The van der Waals surface area contributed by atoms with Crippen LogP contribution in [-0.2, 0) is 4.74 Å². The van der Waals surface area contributed by atoms with Gasteiger partial charge in [0.05, 0.1) is 0 Å². The maximum absolute atomic E-state index is 12.2. The minimum Gasteiger partial charge on any atom is -0.405 e. The first kappa shape index (κ1) is 9.72. The summed E-state index contributed by atoms with van der Waals surface area (Å²) in [5.74, 6) is -0.165. The smallest absolute Gasteiger partial charge is 0.405 e. The Morgan fingerprint density at radius 3 is 2.62 bits per heavy atom. The van der Waals surface area contributed by atoms with Crippen LogP contribution in [0.1, 0.15) is 23.3 Å². The van der Waals surface area contributed by atoms with Gasteiger partial charge in [0.1, 0.15) is 18.0 Å². The van der Waals surface area contributed by atoms with E-state index < -0.39 is 12.5 Å². The van der Waals surface area contributed by atoms with Crippen molar-refractivity contribution >= 4 is 0 Å². The summed E-state index contributed by atoms with van der Waals surface area (Å²) in [6.07, 6.45) is -1.71. The molecule has 1 aromatic carbocycles. The van der Waals surface area contributed by atoms with E-state index in [-0.39, 0.29) is 11.9 Å². The molecule has 0 N–H and O–H groups in total. The Labute approximate surface area is 89.3 Å². The molecule has 84 valence electrons. The van der Waals surface area contributed by atoms with Gasteiger partial charge in [0.25, 0.3) is 0 Å². The van der Waals surface area contributed by atoms with Crippen LogP contribution in [0.15, 0.2) is 30.4 Å². The van der Waals surface area contributed by atoms with E-state index in [2.05, 4.69) is 4.74 Å². The molecule has 2 aliphatic heterocycles. The van der Waals surface area contributed by atoms with Gasteiger partial charge in [0.15, 0.2) is 0 Å². The van der Waals surface area contributed by atoms with Gasteiger partial charge in [0, 0.05) is 5.56 Å². The maximum Gasteiger partial charge on any atom is 0.573 e. The third-order valence-corrected chi connectivity index (χ3v) is 2.67. The fraction of sp³-hybridized carbons (Fsp3) is 0.273. The number of benzene rings is 1. The molecular formula is C11H7F3O2. The van der Waals surface area contributed by atoms with Crippen molar-refractivity contribution in [3.05, 3.63) is 41.5 Å². The van der Waals surface area contributed by atoms with Gasteiger partial charge in [-0.15, -0.1) is 13.2 Å². The summed E-state index contributed by atoms with van der Waals surface area (Å²) >= 11 is 0. The number of halogens is 3. The van der Waals surface area contributed by atoms with Crippen LogP contribution in [0.25, 0.3) is 0 Å². The van der Waals surface area contributed by atoms with Crippen LogP contribution in [0.5, 0.6) is 5.75 Å². The predicted octanol–water partition coefficient (Wildman–Crippen LogP) is 3.27. The Bertz CT molecular complexity index is 465. The van der Waals surface area contributed by atoms with E-state index >= 15 is 0 Å². The number of ether oxygens (including phenoxy) is 2. The van der Waals surface area contributed by atoms with Crippen molar-refractivity contribution < 1.29 is 22.6 Å². The molecule has 3 rings (SSSR count). The lowest BCUT2D eigenvalue weighted by Crippen LogP contribution is -2.18. The van der Waals surface area contributed by atoms with Crippen molar-refractivity contribution in [1.29, 1.82) is 0 Å². The van der Waals surface area contributed by atoms with Crippen LogP contribution in [0.2, 0.25) is 0 Å². The Morgan fingerprint density at radius 1 is 1.12 bits per heavy atom. The van der Waals surface area contributed by atoms with Gasteiger partial charge in [-0.3, -0.25) is 0 Å². The fourth-order valence-corrected chi connectivity index (χ4v) is 2.12. The molecule has 2 nitrogen and oxygen atoms in total. The Morgan fingerprint density at radius 2 is 1.88 bits per heavy atom. The number of hydrogen-bond acceptors (Lipinski definition) is 2. The summed E-state index contributed by atoms with van der Waals surface area (Å²) in [5, 5.41) is 0. The van der Waals surface area contributed by atoms with Crippen molar-refractivity contribution in [2.75, 3.05) is 0 Å². The van der Waals surface area contributed by atoms with Crippen LogP contribution in [0.3, 0.4) is 0 Å². The quantitative estimate of drug-likeness (QED) is 0.687. The molecule has 0 aliphatic carbocycles. The summed E-state index contributed by atoms with van der Waals surface area (Å²) in [6.45, 7) is 0. The summed E-state index contributed by atoms with van der Waals surface area (Å²) in [5.41, 5.74) is 1.25. The van der Waals surface area contributed by atoms with E-state index in [1.54, 1.807) is 12.1 Å². The number of alkyl halides is 3. The van der Waals surface area contributed by atoms with E-state index in [0.717, 1.165) is 5.56 Å². The van der Waals surface area contributed by atoms with Gasteiger partial charge in [-0.25, -0.2) is 0 Å². The van der Waals surface area contributed by atoms with Gasteiger partial charge in [-0.1, -0.05) is 24.3 Å². The molecule has 5 heteroatoms. The topological polar surface area (TPSA) is 18.5 Å². The van der Waals surface area contributed by atoms with Crippen molar-refractivity contribution in [2.24, 2.45) is 0 Å². The summed E-state index contributed by atoms with van der Waals surface area (Å²) in [6, 6.07) is 4.61. The molecule has 0 radical (unpaired) electrons. The molecule has 0 spiro atoms. The maximum atomic E-state index is 12.2. The first-order valence-electron chi connectivity index (χ1n) is 4.77. The molecule has 2 heterocycles. The first-order valence-corrected chi connectivity index (χ1v) is 4.77. The molecule has 0 saturated heterocycles. The third-order valence-electron chi connectivity index (χ3n) is 2.67. The lowest BCUT2D eigenvalue weighted by molar-refractivity contribution is -0.275. The molecule has 0 saturated carbocycles. The van der Waals surface area contributed by atoms with Crippen LogP contribution < -0.4 is 4.74 Å². The SMILES string of the molecule is FC(F)(F)Oc1cccc2c1C1C=CC2O1. The largest absolute Gasteiger partial charge is 0.573 e. The molecule has 16 heavy (non-hydrogen) atoms. The van der Waals surface area contributed by atoms with Gasteiger partial charge in [-0.05, 0) is 11.6 Å². The minimum atomic E-state index is -4.67. The second-order valence-electron chi connectivity index (χ2n) is 3.67. The van der Waals surface area contributed by atoms with Crippen LogP contribution >= 0.6 is 0 Å². The molecule has 1 aromatic rings. The zero-order valence-electron chi connectivity index (χ0n) is 7.99. The second kappa shape index (κ2) is 3.01. The molecule has 0 aromatic heterocycles. The molecule has 2 aliphatic rings. The average molecular weight is 228 g/mol. The Balaban J connectivity index is 2.04. The van der Waals surface area contributed by atoms with E-state index in [4.69, 9.17) is 4.74 Å². The minimum absolute atomic E-state index is 0.165. The lowest BCUT2D eigenvalue weighted by Gasteiger charge is -2.15. The molecule has 2 bridgehead atoms. The van der Waals surface area contributed by atoms with E-state index in [9.17, 15) is 13.2 Å². The Hall–Kier alpha value is -1.49. The third kappa shape index (κ3) is 1.39.